The molecule has 0 spiro atoms. The van der Waals surface area contributed by atoms with Crippen LogP contribution < -0.4 is 10.9 Å². The maximum absolute atomic E-state index is 13.8. The quantitative estimate of drug-likeness (QED) is 0.807. The number of hydrogen-bond acceptors (Lipinski definition) is 3. The number of halogens is 2. The van der Waals surface area contributed by atoms with Crippen LogP contribution in [0.5, 0.6) is 0 Å². The van der Waals surface area contributed by atoms with Crippen molar-refractivity contribution < 1.29 is 4.39 Å². The van der Waals surface area contributed by atoms with Gasteiger partial charge in [-0.1, -0.05) is 24.6 Å². The van der Waals surface area contributed by atoms with Crippen LogP contribution in [0.1, 0.15) is 30.4 Å². The number of aromatic nitrogens is 2. The summed E-state index contributed by atoms with van der Waals surface area (Å²) in [6, 6.07) is 5.94. The number of benzene rings is 1. The number of nitrogens with one attached hydrogen (secondary N) is 2. The summed E-state index contributed by atoms with van der Waals surface area (Å²) < 4.78 is 13.8. The summed E-state index contributed by atoms with van der Waals surface area (Å²) in [6.07, 6.45) is 1.16. The molecule has 4 nitrogen and oxygen atoms in total. The van der Waals surface area contributed by atoms with E-state index in [2.05, 4.69) is 22.2 Å². The van der Waals surface area contributed by atoms with Crippen LogP contribution >= 0.6 is 11.6 Å². The van der Waals surface area contributed by atoms with Crippen molar-refractivity contribution in [1.82, 2.24) is 15.3 Å². The third-order valence-electron chi connectivity index (χ3n) is 2.98. The van der Waals surface area contributed by atoms with Gasteiger partial charge in [-0.25, -0.2) is 9.37 Å². The molecule has 0 atom stereocenters. The molecular formula is C15H17ClFN3O. The molecule has 1 heterocycles. The van der Waals surface area contributed by atoms with Crippen molar-refractivity contribution in [3.05, 3.63) is 62.5 Å². The van der Waals surface area contributed by atoms with Gasteiger partial charge in [0.25, 0.3) is 5.56 Å². The summed E-state index contributed by atoms with van der Waals surface area (Å²) in [5.41, 5.74) is 0.719. The highest BCUT2D eigenvalue weighted by atomic mass is 35.5. The van der Waals surface area contributed by atoms with Gasteiger partial charge in [0.1, 0.15) is 11.6 Å². The second-order valence-corrected chi connectivity index (χ2v) is 5.14. The Morgan fingerprint density at radius 2 is 2.24 bits per heavy atom. The van der Waals surface area contributed by atoms with E-state index in [1.54, 1.807) is 12.1 Å². The molecule has 0 saturated carbocycles. The predicted molar refractivity (Wildman–Crippen MR) is 81.1 cm³/mol. The summed E-state index contributed by atoms with van der Waals surface area (Å²) in [6.45, 7) is 3.42. The van der Waals surface area contributed by atoms with Crippen LogP contribution in [0.15, 0.2) is 29.1 Å². The van der Waals surface area contributed by atoms with E-state index < -0.39 is 5.82 Å². The average Bonchev–Trinajstić information content (AvgIpc) is 2.43. The highest BCUT2D eigenvalue weighted by Crippen LogP contribution is 2.20. The minimum absolute atomic E-state index is 0.155. The largest absolute Gasteiger partial charge is 0.311 e. The standard InChI is InChI=1S/C15H17ClFN3O/c1-2-6-18-9-10-7-15(21)20-14(19-10)8-11-12(16)4-3-5-13(11)17/h3-5,7,18H,2,6,8-9H2,1H3,(H,19,20,21). The smallest absolute Gasteiger partial charge is 0.251 e. The lowest BCUT2D eigenvalue weighted by molar-refractivity contribution is 0.611. The second kappa shape index (κ2) is 7.33. The second-order valence-electron chi connectivity index (χ2n) is 4.74. The molecule has 0 radical (unpaired) electrons. The normalized spacial score (nSPS) is 10.8. The molecule has 112 valence electrons. The van der Waals surface area contributed by atoms with Gasteiger partial charge in [-0.3, -0.25) is 4.79 Å². The third kappa shape index (κ3) is 4.37. The van der Waals surface area contributed by atoms with Crippen molar-refractivity contribution in [2.45, 2.75) is 26.3 Å². The molecule has 0 aliphatic rings. The van der Waals surface area contributed by atoms with E-state index in [1.807, 2.05) is 0 Å². The zero-order valence-electron chi connectivity index (χ0n) is 11.7. The molecule has 0 bridgehead atoms. The maximum atomic E-state index is 13.8. The highest BCUT2D eigenvalue weighted by molar-refractivity contribution is 6.31. The lowest BCUT2D eigenvalue weighted by Crippen LogP contribution is -2.19. The minimum atomic E-state index is -0.403. The molecule has 0 aliphatic heterocycles. The molecule has 1 aromatic heterocycles. The summed E-state index contributed by atoms with van der Waals surface area (Å²) in [7, 11) is 0. The minimum Gasteiger partial charge on any atom is -0.311 e. The first-order valence-corrected chi connectivity index (χ1v) is 7.20. The lowest BCUT2D eigenvalue weighted by atomic mass is 10.1. The Labute approximate surface area is 127 Å². The summed E-state index contributed by atoms with van der Waals surface area (Å²) in [5.74, 6) is 0.00228. The summed E-state index contributed by atoms with van der Waals surface area (Å²) in [4.78, 5) is 18.6. The SMILES string of the molecule is CCCNCc1cc(=O)[nH]c(Cc2c(F)cccc2Cl)n1. The number of H-pyrrole nitrogens is 1. The van der Waals surface area contributed by atoms with Crippen LogP contribution in [-0.4, -0.2) is 16.5 Å². The van der Waals surface area contributed by atoms with Crippen LogP contribution in [-0.2, 0) is 13.0 Å². The topological polar surface area (TPSA) is 57.8 Å². The van der Waals surface area contributed by atoms with Crippen molar-refractivity contribution in [2.75, 3.05) is 6.54 Å². The van der Waals surface area contributed by atoms with E-state index in [9.17, 15) is 9.18 Å². The van der Waals surface area contributed by atoms with Crippen molar-refractivity contribution in [1.29, 1.82) is 0 Å². The third-order valence-corrected chi connectivity index (χ3v) is 3.34. The van der Waals surface area contributed by atoms with E-state index in [0.29, 0.717) is 28.6 Å². The van der Waals surface area contributed by atoms with E-state index in [1.165, 1.54) is 12.1 Å². The Kier molecular flexibility index (Phi) is 5.47. The molecule has 2 rings (SSSR count). The van der Waals surface area contributed by atoms with E-state index in [4.69, 9.17) is 11.6 Å². The molecule has 0 fully saturated rings. The van der Waals surface area contributed by atoms with Crippen molar-refractivity contribution >= 4 is 11.6 Å². The van der Waals surface area contributed by atoms with Crippen molar-refractivity contribution in [2.24, 2.45) is 0 Å². The fourth-order valence-corrected chi connectivity index (χ4v) is 2.23. The van der Waals surface area contributed by atoms with Gasteiger partial charge in [-0.15, -0.1) is 0 Å². The summed E-state index contributed by atoms with van der Waals surface area (Å²) >= 11 is 5.99. The Hall–Kier alpha value is -1.72. The molecule has 0 saturated heterocycles. The van der Waals surface area contributed by atoms with Gasteiger partial charge in [0, 0.05) is 29.6 Å². The zero-order chi connectivity index (χ0) is 15.2. The number of rotatable bonds is 6. The zero-order valence-corrected chi connectivity index (χ0v) is 12.5. The van der Waals surface area contributed by atoms with E-state index in [-0.39, 0.29) is 12.0 Å². The predicted octanol–water partition coefficient (Wildman–Crippen LogP) is 2.65. The van der Waals surface area contributed by atoms with Crippen LogP contribution in [0, 0.1) is 5.82 Å². The monoisotopic (exact) mass is 309 g/mol. The first-order valence-electron chi connectivity index (χ1n) is 6.83. The fraction of sp³-hybridized carbons (Fsp3) is 0.333. The van der Waals surface area contributed by atoms with E-state index in [0.717, 1.165) is 13.0 Å². The van der Waals surface area contributed by atoms with Gasteiger partial charge in [0.05, 0.1) is 5.69 Å². The molecule has 0 aliphatic carbocycles. The molecule has 2 N–H and O–H groups in total. The van der Waals surface area contributed by atoms with Gasteiger partial charge in [-0.05, 0) is 25.1 Å². The first kappa shape index (κ1) is 15.7. The Bertz CT molecular complexity index is 652. The van der Waals surface area contributed by atoms with Crippen LogP contribution in [0.25, 0.3) is 0 Å². The Morgan fingerprint density at radius 3 is 2.95 bits per heavy atom. The Morgan fingerprint density at radius 1 is 1.43 bits per heavy atom. The first-order chi connectivity index (χ1) is 10.1. The van der Waals surface area contributed by atoms with Gasteiger partial charge in [0.15, 0.2) is 0 Å². The average molecular weight is 310 g/mol. The van der Waals surface area contributed by atoms with Crippen LogP contribution in [0.2, 0.25) is 5.02 Å². The molecular weight excluding hydrogens is 293 g/mol. The van der Waals surface area contributed by atoms with Crippen LogP contribution in [0.4, 0.5) is 4.39 Å². The lowest BCUT2D eigenvalue weighted by Gasteiger charge is -2.07. The molecule has 0 unspecified atom stereocenters. The molecule has 2 aromatic rings. The maximum Gasteiger partial charge on any atom is 0.251 e. The number of aromatic amines is 1. The van der Waals surface area contributed by atoms with Crippen molar-refractivity contribution in [3.63, 3.8) is 0 Å². The highest BCUT2D eigenvalue weighted by Gasteiger charge is 2.10. The molecule has 21 heavy (non-hydrogen) atoms. The van der Waals surface area contributed by atoms with Gasteiger partial charge < -0.3 is 10.3 Å². The number of nitrogens with zero attached hydrogens (tertiary/aromatic N) is 1. The Balaban J connectivity index is 2.22. The molecule has 6 heteroatoms. The van der Waals surface area contributed by atoms with Crippen molar-refractivity contribution in [3.8, 4) is 0 Å². The molecule has 0 amide bonds. The fourth-order valence-electron chi connectivity index (χ4n) is 2.00. The van der Waals surface area contributed by atoms with Gasteiger partial charge in [0.2, 0.25) is 0 Å². The van der Waals surface area contributed by atoms with Gasteiger partial charge >= 0.3 is 0 Å². The van der Waals surface area contributed by atoms with Crippen LogP contribution in [0.3, 0.4) is 0 Å². The number of hydrogen-bond donors (Lipinski definition) is 2. The van der Waals surface area contributed by atoms with Gasteiger partial charge in [-0.2, -0.15) is 0 Å². The molecule has 1 aromatic carbocycles. The van der Waals surface area contributed by atoms with E-state index >= 15 is 0 Å². The summed E-state index contributed by atoms with van der Waals surface area (Å²) in [5, 5.41) is 3.50.